The van der Waals surface area contributed by atoms with Crippen molar-refractivity contribution in [2.75, 3.05) is 45.9 Å². The summed E-state index contributed by atoms with van der Waals surface area (Å²) in [5, 5.41) is 34.0. The summed E-state index contributed by atoms with van der Waals surface area (Å²) in [6.45, 7) is -0.577. The molecule has 3 fully saturated rings. The Kier molecular flexibility index (Phi) is 23.7. The van der Waals surface area contributed by atoms with Gasteiger partial charge in [0.25, 0.3) is 0 Å². The van der Waals surface area contributed by atoms with Crippen molar-refractivity contribution in [3.8, 4) is 0 Å². The lowest BCUT2D eigenvalue weighted by atomic mass is 10.0. The van der Waals surface area contributed by atoms with Gasteiger partial charge in [-0.15, -0.1) is 0 Å². The van der Waals surface area contributed by atoms with Crippen molar-refractivity contribution >= 4 is 88.3 Å². The fraction of sp³-hybridized carbons (Fsp3) is 0.540. The molecule has 28 heteroatoms. The minimum Gasteiger partial charge on any atom is -0.480 e. The highest BCUT2D eigenvalue weighted by Gasteiger charge is 2.44. The van der Waals surface area contributed by atoms with E-state index >= 15 is 0 Å². The molecule has 0 radical (unpaired) electrons. The number of rotatable bonds is 27. The zero-order valence-electron chi connectivity index (χ0n) is 43.1. The van der Waals surface area contributed by atoms with Gasteiger partial charge in [-0.2, -0.15) is 0 Å². The summed E-state index contributed by atoms with van der Waals surface area (Å²) in [5.41, 5.74) is 28.8. The molecule has 78 heavy (non-hydrogen) atoms. The standard InChI is InChI=1S/C50H71Cl2N15O11/c51-30-15-11-28(12-16-30)24-34(61-40(69)26-60-43(72)37-8-3-22-66(37)47(76)39-10-5-23-67(39)45(74)32(53)6-1-19-58-49(54)55)41(70)64-36(27-68)46(75)65-21-4-9-38(65)44(73)63-35(25-29-13-17-31(52)18-14-29)42(71)62-33(48(77)78)7-2-20-59-50(56)57/h11-18,32-39,68H,1-10,19-27,53H2,(H,60,72)(H,61,69)(H,62,71)(H,63,73)(H,64,70)(H,77,78)(H4,54,55,58)(H4,56,57,59). The maximum Gasteiger partial charge on any atom is 0.326 e. The number of hydrogen-bond donors (Lipinski definition) is 12. The molecule has 17 N–H and O–H groups in total. The van der Waals surface area contributed by atoms with Crippen LogP contribution in [0.15, 0.2) is 58.5 Å². The largest absolute Gasteiger partial charge is 0.480 e. The smallest absolute Gasteiger partial charge is 0.326 e. The summed E-state index contributed by atoms with van der Waals surface area (Å²) in [5.74, 6) is -7.19. The Balaban J connectivity index is 1.23. The van der Waals surface area contributed by atoms with E-state index in [1.165, 1.54) is 9.80 Å². The van der Waals surface area contributed by atoms with Crippen molar-refractivity contribution in [2.45, 2.75) is 125 Å². The Hall–Kier alpha value is -7.29. The zero-order chi connectivity index (χ0) is 57.1. The van der Waals surface area contributed by atoms with Crippen LogP contribution in [0, 0.1) is 0 Å². The van der Waals surface area contributed by atoms with E-state index in [9.17, 15) is 53.4 Å². The molecule has 3 aliphatic rings. The number of carbonyl (C=O) groups excluding carboxylic acids is 8. The molecular weight excluding hydrogens is 1060 g/mol. The molecule has 3 aliphatic heterocycles. The minimum atomic E-state index is -1.62. The summed E-state index contributed by atoms with van der Waals surface area (Å²) in [4.78, 5) is 135. The van der Waals surface area contributed by atoms with Crippen molar-refractivity contribution < 1.29 is 53.4 Å². The van der Waals surface area contributed by atoms with E-state index in [1.54, 1.807) is 48.5 Å². The number of nitrogens with one attached hydrogen (secondary N) is 5. The number of aliphatic hydroxyl groups excluding tert-OH is 1. The van der Waals surface area contributed by atoms with Crippen LogP contribution in [0.4, 0.5) is 0 Å². The van der Waals surface area contributed by atoms with Crippen LogP contribution in [0.1, 0.15) is 75.3 Å². The van der Waals surface area contributed by atoms with Crippen molar-refractivity contribution in [1.29, 1.82) is 0 Å². The molecule has 0 bridgehead atoms. The van der Waals surface area contributed by atoms with Crippen LogP contribution in [-0.2, 0) is 56.0 Å². The van der Waals surface area contributed by atoms with E-state index in [4.69, 9.17) is 51.9 Å². The molecule has 8 unspecified atom stereocenters. The fourth-order valence-corrected chi connectivity index (χ4v) is 9.81. The molecule has 2 aromatic rings. The van der Waals surface area contributed by atoms with Gasteiger partial charge in [-0.05, 0) is 99.6 Å². The molecule has 0 aromatic heterocycles. The Labute approximate surface area is 461 Å². The summed E-state index contributed by atoms with van der Waals surface area (Å²) < 4.78 is 0. The van der Waals surface area contributed by atoms with Crippen molar-refractivity contribution in [2.24, 2.45) is 38.7 Å². The Morgan fingerprint density at radius 3 is 1.56 bits per heavy atom. The average molecular weight is 1130 g/mol. The number of aliphatic imine (C=N–C) groups is 2. The third kappa shape index (κ3) is 18.2. The molecule has 5 rings (SSSR count). The van der Waals surface area contributed by atoms with Crippen LogP contribution in [0.2, 0.25) is 10.0 Å². The van der Waals surface area contributed by atoms with E-state index in [2.05, 4.69) is 36.6 Å². The highest BCUT2D eigenvalue weighted by atomic mass is 35.5. The second-order valence-electron chi connectivity index (χ2n) is 19.3. The fourth-order valence-electron chi connectivity index (χ4n) is 9.56. The van der Waals surface area contributed by atoms with Gasteiger partial charge in [-0.25, -0.2) is 4.79 Å². The van der Waals surface area contributed by atoms with Gasteiger partial charge in [0.05, 0.1) is 19.2 Å². The summed E-state index contributed by atoms with van der Waals surface area (Å²) >= 11 is 12.2. The summed E-state index contributed by atoms with van der Waals surface area (Å²) in [7, 11) is 0. The van der Waals surface area contributed by atoms with Crippen LogP contribution in [0.3, 0.4) is 0 Å². The number of nitrogens with zero attached hydrogens (tertiary/aromatic N) is 5. The predicted octanol–water partition coefficient (Wildman–Crippen LogP) is -2.68. The topological polar surface area (TPSA) is 419 Å². The Bertz CT molecular complexity index is 2510. The van der Waals surface area contributed by atoms with Gasteiger partial charge in [0.2, 0.25) is 47.3 Å². The zero-order valence-corrected chi connectivity index (χ0v) is 44.6. The van der Waals surface area contributed by atoms with Gasteiger partial charge < -0.3 is 80.2 Å². The van der Waals surface area contributed by atoms with Crippen molar-refractivity contribution in [3.05, 3.63) is 69.7 Å². The molecule has 0 saturated carbocycles. The van der Waals surface area contributed by atoms with Crippen LogP contribution < -0.4 is 55.3 Å². The highest BCUT2D eigenvalue weighted by molar-refractivity contribution is 6.30. The minimum absolute atomic E-state index is 0.0247. The van der Waals surface area contributed by atoms with Gasteiger partial charge >= 0.3 is 5.97 Å². The third-order valence-electron chi connectivity index (χ3n) is 13.6. The molecule has 8 amide bonds. The lowest BCUT2D eigenvalue weighted by Crippen LogP contribution is -2.60. The monoisotopic (exact) mass is 1130 g/mol. The number of carboxylic acid groups (broad SMARTS) is 1. The van der Waals surface area contributed by atoms with E-state index in [0.717, 1.165) is 4.90 Å². The first-order chi connectivity index (χ1) is 37.2. The quantitative estimate of drug-likeness (QED) is 0.0246. The number of carboxylic acids is 1. The predicted molar refractivity (Wildman–Crippen MR) is 288 cm³/mol. The lowest BCUT2D eigenvalue weighted by Gasteiger charge is -2.32. The number of halogens is 2. The molecule has 8 atom stereocenters. The molecule has 26 nitrogen and oxygen atoms in total. The average Bonchev–Trinajstić information content (AvgIpc) is 4.25. The number of likely N-dealkylation sites (tertiary alicyclic amines) is 3. The van der Waals surface area contributed by atoms with Gasteiger partial charge in [0, 0.05) is 55.6 Å². The number of benzene rings is 2. The molecule has 0 spiro atoms. The molecule has 2 aromatic carbocycles. The first kappa shape index (κ1) is 61.6. The van der Waals surface area contributed by atoms with Crippen LogP contribution >= 0.6 is 23.2 Å². The molecule has 3 saturated heterocycles. The summed E-state index contributed by atoms with van der Waals surface area (Å²) in [6, 6.07) is 3.20. The van der Waals surface area contributed by atoms with E-state index in [1.807, 2.05) is 0 Å². The Morgan fingerprint density at radius 1 is 0.590 bits per heavy atom. The van der Waals surface area contributed by atoms with Gasteiger partial charge in [-0.3, -0.25) is 48.3 Å². The maximum atomic E-state index is 14.2. The number of guanidine groups is 2. The first-order valence-electron chi connectivity index (χ1n) is 25.8. The van der Waals surface area contributed by atoms with Crippen LogP contribution in [0.25, 0.3) is 0 Å². The SMILES string of the molecule is NC(N)=NCCCC(N)C(=O)N1CCCC1C(=O)N1CCCC1C(=O)NCC(=O)NC(Cc1ccc(Cl)cc1)C(=O)NC(CO)C(=O)N1CCCC1C(=O)NC(Cc1ccc(Cl)cc1)C(=O)NC(CCCN=C(N)N)C(=O)O. The number of hydrogen-bond acceptors (Lipinski definition) is 13. The van der Waals surface area contributed by atoms with Gasteiger partial charge in [0.1, 0.15) is 42.3 Å². The normalized spacial score (nSPS) is 18.8. The van der Waals surface area contributed by atoms with Crippen molar-refractivity contribution in [1.82, 2.24) is 41.3 Å². The van der Waals surface area contributed by atoms with E-state index < -0.39 is 115 Å². The number of aliphatic hydroxyl groups is 1. The first-order valence-corrected chi connectivity index (χ1v) is 26.5. The number of nitrogens with two attached hydrogens (primary N) is 5. The van der Waals surface area contributed by atoms with E-state index in [0.29, 0.717) is 59.8 Å². The lowest BCUT2D eigenvalue weighted by molar-refractivity contribution is -0.147. The number of amides is 8. The maximum absolute atomic E-state index is 14.2. The molecule has 0 aliphatic carbocycles. The summed E-state index contributed by atoms with van der Waals surface area (Å²) in [6.07, 6.45) is 2.83. The molecular formula is C50H71Cl2N15O11. The number of aliphatic carboxylic acids is 1. The van der Waals surface area contributed by atoms with Gasteiger partial charge in [-0.1, -0.05) is 47.5 Å². The molecule has 3 heterocycles. The highest BCUT2D eigenvalue weighted by Crippen LogP contribution is 2.26. The number of carbonyl (C=O) groups is 9. The Morgan fingerprint density at radius 2 is 1.05 bits per heavy atom. The van der Waals surface area contributed by atoms with Gasteiger partial charge in [0.15, 0.2) is 11.9 Å². The third-order valence-corrected chi connectivity index (χ3v) is 14.1. The second kappa shape index (κ2) is 30.0. The van der Waals surface area contributed by atoms with E-state index in [-0.39, 0.29) is 83.0 Å². The second-order valence-corrected chi connectivity index (χ2v) is 20.1. The molecule has 426 valence electrons. The van der Waals surface area contributed by atoms with Crippen LogP contribution in [-0.4, -0.2) is 184 Å². The van der Waals surface area contributed by atoms with Crippen LogP contribution in [0.5, 0.6) is 0 Å². The van der Waals surface area contributed by atoms with Crippen molar-refractivity contribution in [3.63, 3.8) is 0 Å².